The van der Waals surface area contributed by atoms with Crippen LogP contribution in [0.4, 0.5) is 18.9 Å². The SMILES string of the molecule is COc1cc2ccccc2cc1C(=O)OCC(=O)Nc1ccccc1C(F)(F)F. The van der Waals surface area contributed by atoms with Gasteiger partial charge in [-0.3, -0.25) is 4.79 Å². The summed E-state index contributed by atoms with van der Waals surface area (Å²) < 4.78 is 49.2. The quantitative estimate of drug-likeness (QED) is 0.630. The van der Waals surface area contributed by atoms with E-state index in [-0.39, 0.29) is 11.3 Å². The Balaban J connectivity index is 1.72. The molecule has 3 rings (SSSR count). The summed E-state index contributed by atoms with van der Waals surface area (Å²) in [6.45, 7) is -0.749. The number of amides is 1. The summed E-state index contributed by atoms with van der Waals surface area (Å²) in [5, 5.41) is 3.73. The van der Waals surface area contributed by atoms with Crippen LogP contribution in [0, 0.1) is 0 Å². The van der Waals surface area contributed by atoms with E-state index in [4.69, 9.17) is 9.47 Å². The molecule has 0 saturated heterocycles. The van der Waals surface area contributed by atoms with Crippen molar-refractivity contribution < 1.29 is 32.2 Å². The van der Waals surface area contributed by atoms with Crippen molar-refractivity contribution in [3.63, 3.8) is 0 Å². The van der Waals surface area contributed by atoms with Crippen LogP contribution in [0.25, 0.3) is 10.8 Å². The van der Waals surface area contributed by atoms with E-state index in [1.165, 1.54) is 19.2 Å². The van der Waals surface area contributed by atoms with E-state index in [1.54, 1.807) is 24.3 Å². The normalized spacial score (nSPS) is 11.2. The van der Waals surface area contributed by atoms with E-state index in [2.05, 4.69) is 5.32 Å². The van der Waals surface area contributed by atoms with Crippen LogP contribution < -0.4 is 10.1 Å². The smallest absolute Gasteiger partial charge is 0.418 e. The number of benzene rings is 3. The standard InChI is InChI=1S/C21H16F3NO4/c1-28-18-11-14-7-3-2-6-13(14)10-15(18)20(27)29-12-19(26)25-17-9-5-4-8-16(17)21(22,23)24/h2-11H,12H2,1H3,(H,25,26). The molecule has 8 heteroatoms. The van der Waals surface area contributed by atoms with Crippen molar-refractivity contribution in [3.05, 3.63) is 71.8 Å². The Labute approximate surface area is 164 Å². The Bertz CT molecular complexity index is 1060. The lowest BCUT2D eigenvalue weighted by atomic mass is 10.1. The van der Waals surface area contributed by atoms with E-state index in [9.17, 15) is 22.8 Å². The molecule has 150 valence electrons. The number of anilines is 1. The van der Waals surface area contributed by atoms with Gasteiger partial charge in [-0.1, -0.05) is 36.4 Å². The Morgan fingerprint density at radius 3 is 2.24 bits per heavy atom. The number of carbonyl (C=O) groups is 2. The van der Waals surface area contributed by atoms with Gasteiger partial charge >= 0.3 is 12.1 Å². The fourth-order valence-electron chi connectivity index (χ4n) is 2.78. The zero-order valence-electron chi connectivity index (χ0n) is 15.2. The highest BCUT2D eigenvalue weighted by Crippen LogP contribution is 2.34. The van der Waals surface area contributed by atoms with Gasteiger partial charge in [0.15, 0.2) is 6.61 Å². The summed E-state index contributed by atoms with van der Waals surface area (Å²) in [5.74, 6) is -1.46. The minimum Gasteiger partial charge on any atom is -0.496 e. The molecule has 3 aromatic rings. The van der Waals surface area contributed by atoms with Gasteiger partial charge < -0.3 is 14.8 Å². The molecule has 1 amide bonds. The number of carbonyl (C=O) groups excluding carboxylic acids is 2. The predicted octanol–water partition coefficient (Wildman–Crippen LogP) is 4.66. The molecule has 29 heavy (non-hydrogen) atoms. The molecular formula is C21H16F3NO4. The van der Waals surface area contributed by atoms with Crippen molar-refractivity contribution in [1.82, 2.24) is 0 Å². The van der Waals surface area contributed by atoms with Crippen molar-refractivity contribution >= 4 is 28.3 Å². The topological polar surface area (TPSA) is 64.6 Å². The van der Waals surface area contributed by atoms with Gasteiger partial charge in [0, 0.05) is 0 Å². The first-order chi connectivity index (χ1) is 13.8. The average molecular weight is 403 g/mol. The number of ether oxygens (including phenoxy) is 2. The van der Waals surface area contributed by atoms with E-state index >= 15 is 0 Å². The highest BCUT2D eigenvalue weighted by atomic mass is 19.4. The van der Waals surface area contributed by atoms with Gasteiger partial charge in [0.2, 0.25) is 0 Å². The summed E-state index contributed by atoms with van der Waals surface area (Å²) in [7, 11) is 1.39. The molecule has 1 N–H and O–H groups in total. The monoisotopic (exact) mass is 403 g/mol. The Hall–Kier alpha value is -3.55. The first-order valence-electron chi connectivity index (χ1n) is 8.49. The molecule has 0 aliphatic heterocycles. The third kappa shape index (κ3) is 4.66. The van der Waals surface area contributed by atoms with Gasteiger partial charge in [-0.25, -0.2) is 4.79 Å². The second-order valence-electron chi connectivity index (χ2n) is 6.07. The Kier molecular flexibility index (Phi) is 5.72. The molecule has 5 nitrogen and oxygen atoms in total. The number of methoxy groups -OCH3 is 1. The maximum atomic E-state index is 13.0. The zero-order chi connectivity index (χ0) is 21.0. The van der Waals surface area contributed by atoms with E-state index in [0.717, 1.165) is 22.9 Å². The van der Waals surface area contributed by atoms with Crippen LogP contribution in [-0.2, 0) is 15.7 Å². The molecule has 0 atom stereocenters. The van der Waals surface area contributed by atoms with Crippen molar-refractivity contribution in [2.24, 2.45) is 0 Å². The molecule has 0 heterocycles. The molecule has 0 fully saturated rings. The Morgan fingerprint density at radius 2 is 1.59 bits per heavy atom. The number of hydrogen-bond donors (Lipinski definition) is 1. The second-order valence-corrected chi connectivity index (χ2v) is 6.07. The highest BCUT2D eigenvalue weighted by molar-refractivity contribution is 6.00. The molecule has 0 unspecified atom stereocenters. The Morgan fingerprint density at radius 1 is 0.966 bits per heavy atom. The average Bonchev–Trinajstić information content (AvgIpc) is 2.70. The summed E-state index contributed by atoms with van der Waals surface area (Å²) >= 11 is 0. The molecule has 3 aromatic carbocycles. The van der Waals surface area contributed by atoms with Crippen LogP contribution >= 0.6 is 0 Å². The first-order valence-corrected chi connectivity index (χ1v) is 8.49. The van der Waals surface area contributed by atoms with Crippen molar-refractivity contribution in [2.75, 3.05) is 19.0 Å². The summed E-state index contributed by atoms with van der Waals surface area (Å²) in [5.41, 5.74) is -1.30. The lowest BCUT2D eigenvalue weighted by Crippen LogP contribution is -2.23. The number of rotatable bonds is 5. The van der Waals surface area contributed by atoms with Gasteiger partial charge in [-0.2, -0.15) is 13.2 Å². The van der Waals surface area contributed by atoms with Crippen LogP contribution in [0.3, 0.4) is 0 Å². The van der Waals surface area contributed by atoms with Gasteiger partial charge in [-0.05, 0) is 35.0 Å². The maximum absolute atomic E-state index is 13.0. The van der Waals surface area contributed by atoms with Crippen LogP contribution in [0.15, 0.2) is 60.7 Å². The maximum Gasteiger partial charge on any atom is 0.418 e. The number of para-hydroxylation sites is 1. The van der Waals surface area contributed by atoms with Gasteiger partial charge in [0.1, 0.15) is 11.3 Å². The predicted molar refractivity (Wildman–Crippen MR) is 101 cm³/mol. The van der Waals surface area contributed by atoms with Crippen LogP contribution in [0.5, 0.6) is 5.75 Å². The number of hydrogen-bond acceptors (Lipinski definition) is 4. The molecule has 0 aliphatic carbocycles. The summed E-state index contributed by atoms with van der Waals surface area (Å²) in [6.07, 6.45) is -4.63. The highest BCUT2D eigenvalue weighted by Gasteiger charge is 2.33. The number of fused-ring (bicyclic) bond motifs is 1. The lowest BCUT2D eigenvalue weighted by molar-refractivity contribution is -0.137. The number of alkyl halides is 3. The van der Waals surface area contributed by atoms with Crippen LogP contribution in [-0.4, -0.2) is 25.6 Å². The van der Waals surface area contributed by atoms with Gasteiger partial charge in [-0.15, -0.1) is 0 Å². The molecule has 0 spiro atoms. The lowest BCUT2D eigenvalue weighted by Gasteiger charge is -2.14. The first kappa shape index (κ1) is 20.2. The van der Waals surface area contributed by atoms with E-state index in [0.29, 0.717) is 0 Å². The number of halogens is 3. The van der Waals surface area contributed by atoms with E-state index in [1.807, 2.05) is 12.1 Å². The van der Waals surface area contributed by atoms with Gasteiger partial charge in [0.05, 0.1) is 18.4 Å². The molecular weight excluding hydrogens is 387 g/mol. The van der Waals surface area contributed by atoms with E-state index < -0.39 is 35.9 Å². The summed E-state index contributed by atoms with van der Waals surface area (Å²) in [6, 6.07) is 15.0. The largest absolute Gasteiger partial charge is 0.496 e. The molecule has 0 saturated carbocycles. The second kappa shape index (κ2) is 8.22. The molecule has 0 bridgehead atoms. The fourth-order valence-corrected chi connectivity index (χ4v) is 2.78. The number of esters is 1. The minimum absolute atomic E-state index is 0.106. The molecule has 0 aromatic heterocycles. The van der Waals surface area contributed by atoms with Crippen molar-refractivity contribution in [2.45, 2.75) is 6.18 Å². The van der Waals surface area contributed by atoms with Crippen molar-refractivity contribution in [1.29, 1.82) is 0 Å². The van der Waals surface area contributed by atoms with Gasteiger partial charge in [0.25, 0.3) is 5.91 Å². The van der Waals surface area contributed by atoms with Crippen LogP contribution in [0.1, 0.15) is 15.9 Å². The zero-order valence-corrected chi connectivity index (χ0v) is 15.2. The minimum atomic E-state index is -4.63. The van der Waals surface area contributed by atoms with Crippen LogP contribution in [0.2, 0.25) is 0 Å². The molecule has 0 radical (unpaired) electrons. The number of nitrogens with one attached hydrogen (secondary N) is 1. The third-order valence-electron chi connectivity index (χ3n) is 4.13. The van der Waals surface area contributed by atoms with Crippen molar-refractivity contribution in [3.8, 4) is 5.75 Å². The third-order valence-corrected chi connectivity index (χ3v) is 4.13. The fraction of sp³-hybridized carbons (Fsp3) is 0.143. The molecule has 0 aliphatic rings. The summed E-state index contributed by atoms with van der Waals surface area (Å²) in [4.78, 5) is 24.4.